The van der Waals surface area contributed by atoms with Crippen LogP contribution in [0.5, 0.6) is 0 Å². The van der Waals surface area contributed by atoms with Crippen molar-refractivity contribution in [2.75, 3.05) is 19.6 Å². The van der Waals surface area contributed by atoms with Gasteiger partial charge in [0.15, 0.2) is 0 Å². The maximum Gasteiger partial charge on any atom is 0.225 e. The van der Waals surface area contributed by atoms with Crippen LogP contribution in [0.3, 0.4) is 0 Å². The second-order valence-corrected chi connectivity index (χ2v) is 6.99. The Morgan fingerprint density at radius 2 is 2.32 bits per heavy atom. The molecule has 6 heteroatoms. The third kappa shape index (κ3) is 3.50. The fraction of sp³-hybridized carbons (Fsp3) is 0.750. The summed E-state index contributed by atoms with van der Waals surface area (Å²) in [6.07, 6.45) is 5.01. The molecule has 3 atom stereocenters. The summed E-state index contributed by atoms with van der Waals surface area (Å²) < 4.78 is 7.81. The van der Waals surface area contributed by atoms with Crippen molar-refractivity contribution in [3.63, 3.8) is 0 Å². The van der Waals surface area contributed by atoms with E-state index in [0.717, 1.165) is 32.6 Å². The normalized spacial score (nSPS) is 28.3. The summed E-state index contributed by atoms with van der Waals surface area (Å²) in [7, 11) is 1.93. The molecule has 0 unspecified atom stereocenters. The number of amides is 1. The molecule has 1 aromatic heterocycles. The highest BCUT2D eigenvalue weighted by molar-refractivity contribution is 5.79. The number of ether oxygens (including phenoxy) is 1. The SMILES string of the molecule is CC(C)CNC(=O)[C@@H]1C[C@H]2CN(Cc3cnn(C)c3)C[C@H]1O2. The van der Waals surface area contributed by atoms with E-state index in [9.17, 15) is 4.79 Å². The number of carbonyl (C=O) groups is 1. The zero-order chi connectivity index (χ0) is 15.7. The minimum absolute atomic E-state index is 0.00245. The van der Waals surface area contributed by atoms with Crippen LogP contribution in [0.25, 0.3) is 0 Å². The Hall–Kier alpha value is -1.40. The molecule has 2 aliphatic rings. The van der Waals surface area contributed by atoms with E-state index in [4.69, 9.17) is 4.74 Å². The first kappa shape index (κ1) is 15.5. The number of hydrogen-bond acceptors (Lipinski definition) is 4. The van der Waals surface area contributed by atoms with Crippen LogP contribution in [0, 0.1) is 11.8 Å². The van der Waals surface area contributed by atoms with E-state index in [1.54, 1.807) is 0 Å². The second kappa shape index (κ2) is 6.38. The predicted octanol–water partition coefficient (Wildman–Crippen LogP) is 0.782. The van der Waals surface area contributed by atoms with E-state index in [2.05, 4.69) is 29.2 Å². The number of nitrogens with zero attached hydrogens (tertiary/aromatic N) is 3. The molecule has 1 aromatic rings. The highest BCUT2D eigenvalue weighted by atomic mass is 16.5. The van der Waals surface area contributed by atoms with E-state index < -0.39 is 0 Å². The molecule has 0 radical (unpaired) electrons. The lowest BCUT2D eigenvalue weighted by Gasteiger charge is -2.32. The van der Waals surface area contributed by atoms with Crippen molar-refractivity contribution >= 4 is 5.91 Å². The van der Waals surface area contributed by atoms with Crippen LogP contribution in [0.15, 0.2) is 12.4 Å². The number of aromatic nitrogens is 2. The van der Waals surface area contributed by atoms with Crippen LogP contribution in [0.2, 0.25) is 0 Å². The molecule has 3 heterocycles. The van der Waals surface area contributed by atoms with E-state index in [1.165, 1.54) is 5.56 Å². The second-order valence-electron chi connectivity index (χ2n) is 6.99. The molecule has 2 aliphatic heterocycles. The van der Waals surface area contributed by atoms with Gasteiger partial charge in [0, 0.05) is 45.0 Å². The van der Waals surface area contributed by atoms with Gasteiger partial charge in [-0.1, -0.05) is 13.8 Å². The quantitative estimate of drug-likeness (QED) is 0.873. The lowest BCUT2D eigenvalue weighted by atomic mass is 9.99. The summed E-state index contributed by atoms with van der Waals surface area (Å²) in [4.78, 5) is 14.7. The number of fused-ring (bicyclic) bond motifs is 2. The highest BCUT2D eigenvalue weighted by Gasteiger charge is 2.44. The standard InChI is InChI=1S/C16H26N4O2/c1-11(2)5-17-16(21)14-4-13-9-20(10-15(14)22-13)8-12-6-18-19(3)7-12/h6-7,11,13-15H,4-5,8-10H2,1-3H3,(H,17,21)/t13-,14+,15+/m0/s1. The molecule has 0 aliphatic carbocycles. The molecule has 6 nitrogen and oxygen atoms in total. The zero-order valence-corrected chi connectivity index (χ0v) is 13.7. The van der Waals surface area contributed by atoms with Gasteiger partial charge in [0.1, 0.15) is 0 Å². The Morgan fingerprint density at radius 3 is 3.00 bits per heavy atom. The predicted molar refractivity (Wildman–Crippen MR) is 83.1 cm³/mol. The number of carbonyl (C=O) groups excluding carboxylic acids is 1. The average Bonchev–Trinajstić information content (AvgIpc) is 2.99. The van der Waals surface area contributed by atoms with Gasteiger partial charge in [-0.05, 0) is 12.3 Å². The number of morpholine rings is 1. The van der Waals surface area contributed by atoms with Gasteiger partial charge < -0.3 is 10.1 Å². The van der Waals surface area contributed by atoms with Gasteiger partial charge >= 0.3 is 0 Å². The van der Waals surface area contributed by atoms with Crippen LogP contribution < -0.4 is 5.32 Å². The Bertz CT molecular complexity index is 528. The van der Waals surface area contributed by atoms with E-state index in [0.29, 0.717) is 5.92 Å². The van der Waals surface area contributed by atoms with E-state index >= 15 is 0 Å². The molecule has 0 saturated carbocycles. The summed E-state index contributed by atoms with van der Waals surface area (Å²) in [6, 6.07) is 0. The van der Waals surface area contributed by atoms with Crippen LogP contribution in [-0.4, -0.2) is 52.4 Å². The topological polar surface area (TPSA) is 59.4 Å². The maximum atomic E-state index is 12.3. The summed E-state index contributed by atoms with van der Waals surface area (Å²) in [5.74, 6) is 0.639. The number of rotatable bonds is 5. The van der Waals surface area contributed by atoms with Crippen LogP contribution >= 0.6 is 0 Å². The molecular formula is C16H26N4O2. The molecule has 0 aromatic carbocycles. The number of nitrogens with one attached hydrogen (secondary N) is 1. The summed E-state index contributed by atoms with van der Waals surface area (Å²) in [5.41, 5.74) is 1.21. The van der Waals surface area contributed by atoms with Gasteiger partial charge in [0.25, 0.3) is 0 Å². The lowest BCUT2D eigenvalue weighted by molar-refractivity contribution is -0.128. The smallest absolute Gasteiger partial charge is 0.225 e. The molecule has 2 saturated heterocycles. The van der Waals surface area contributed by atoms with Crippen LogP contribution in [0.1, 0.15) is 25.8 Å². The maximum absolute atomic E-state index is 12.3. The van der Waals surface area contributed by atoms with Crippen molar-refractivity contribution in [2.24, 2.45) is 18.9 Å². The minimum Gasteiger partial charge on any atom is -0.371 e. The Balaban J connectivity index is 1.56. The lowest BCUT2D eigenvalue weighted by Crippen LogP contribution is -2.45. The van der Waals surface area contributed by atoms with Crippen LogP contribution in [-0.2, 0) is 23.1 Å². The molecule has 22 heavy (non-hydrogen) atoms. The fourth-order valence-corrected chi connectivity index (χ4v) is 3.39. The van der Waals surface area contributed by atoms with Crippen molar-refractivity contribution < 1.29 is 9.53 Å². The Morgan fingerprint density at radius 1 is 1.50 bits per heavy atom. The van der Waals surface area contributed by atoms with E-state index in [1.807, 2.05) is 24.1 Å². The van der Waals surface area contributed by atoms with E-state index in [-0.39, 0.29) is 24.0 Å². The third-order valence-corrected chi connectivity index (χ3v) is 4.42. The van der Waals surface area contributed by atoms with Gasteiger partial charge in [-0.2, -0.15) is 5.10 Å². The molecule has 2 bridgehead atoms. The number of likely N-dealkylation sites (tertiary alicyclic amines) is 1. The first-order chi connectivity index (χ1) is 10.5. The zero-order valence-electron chi connectivity index (χ0n) is 13.7. The molecule has 1 N–H and O–H groups in total. The molecule has 1 amide bonds. The summed E-state index contributed by atoms with van der Waals surface area (Å²) in [5, 5.41) is 7.27. The monoisotopic (exact) mass is 306 g/mol. The molecule has 2 fully saturated rings. The van der Waals surface area contributed by atoms with Gasteiger partial charge in [0.05, 0.1) is 24.3 Å². The van der Waals surface area contributed by atoms with Gasteiger partial charge in [-0.25, -0.2) is 0 Å². The minimum atomic E-state index is 0.00245. The first-order valence-corrected chi connectivity index (χ1v) is 8.14. The summed E-state index contributed by atoms with van der Waals surface area (Å²) >= 11 is 0. The van der Waals surface area contributed by atoms with Crippen molar-refractivity contribution in [3.05, 3.63) is 18.0 Å². The van der Waals surface area contributed by atoms with Crippen molar-refractivity contribution in [1.29, 1.82) is 0 Å². The van der Waals surface area contributed by atoms with Crippen molar-refractivity contribution in [2.45, 2.75) is 39.0 Å². The average molecular weight is 306 g/mol. The molecule has 0 spiro atoms. The van der Waals surface area contributed by atoms with Crippen molar-refractivity contribution in [1.82, 2.24) is 20.0 Å². The van der Waals surface area contributed by atoms with Crippen LogP contribution in [0.4, 0.5) is 0 Å². The van der Waals surface area contributed by atoms with Gasteiger partial charge in [0.2, 0.25) is 5.91 Å². The van der Waals surface area contributed by atoms with Crippen molar-refractivity contribution in [3.8, 4) is 0 Å². The van der Waals surface area contributed by atoms with Gasteiger partial charge in [-0.15, -0.1) is 0 Å². The third-order valence-electron chi connectivity index (χ3n) is 4.42. The number of aryl methyl sites for hydroxylation is 1. The molecule has 3 rings (SSSR count). The Labute approximate surface area is 131 Å². The molecular weight excluding hydrogens is 280 g/mol. The fourth-order valence-electron chi connectivity index (χ4n) is 3.39. The number of hydrogen-bond donors (Lipinski definition) is 1. The Kier molecular flexibility index (Phi) is 4.49. The first-order valence-electron chi connectivity index (χ1n) is 8.14. The largest absolute Gasteiger partial charge is 0.371 e. The molecule has 122 valence electrons. The van der Waals surface area contributed by atoms with Gasteiger partial charge in [-0.3, -0.25) is 14.4 Å². The highest BCUT2D eigenvalue weighted by Crippen LogP contribution is 2.32. The summed E-state index contributed by atoms with van der Waals surface area (Å²) in [6.45, 7) is 7.57.